The summed E-state index contributed by atoms with van der Waals surface area (Å²) in [5, 5.41) is 3.03. The minimum Gasteiger partial charge on any atom is -0.465 e. The normalized spacial score (nSPS) is 24.8. The van der Waals surface area contributed by atoms with Crippen LogP contribution in [0.15, 0.2) is 16.5 Å². The maximum atomic E-state index is 12.6. The summed E-state index contributed by atoms with van der Waals surface area (Å²) in [6, 6.07) is 4.35. The number of amides is 2. The third kappa shape index (κ3) is 4.54. The molecule has 3 fully saturated rings. The molecule has 27 heavy (non-hydrogen) atoms. The van der Waals surface area contributed by atoms with Crippen LogP contribution in [0.1, 0.15) is 50.0 Å². The van der Waals surface area contributed by atoms with Gasteiger partial charge in [-0.1, -0.05) is 0 Å². The Morgan fingerprint density at radius 3 is 2.52 bits per heavy atom. The van der Waals surface area contributed by atoms with E-state index < -0.39 is 0 Å². The van der Waals surface area contributed by atoms with E-state index in [1.54, 1.807) is 0 Å². The van der Waals surface area contributed by atoms with Crippen molar-refractivity contribution in [2.45, 2.75) is 58.0 Å². The zero-order valence-electron chi connectivity index (χ0n) is 16.3. The number of rotatable bonds is 5. The molecule has 2 saturated heterocycles. The molecule has 1 aromatic rings. The number of furan rings is 1. The Bertz CT molecular complexity index is 674. The Morgan fingerprint density at radius 2 is 1.85 bits per heavy atom. The molecule has 0 radical (unpaired) electrons. The van der Waals surface area contributed by atoms with Crippen molar-refractivity contribution >= 4 is 11.8 Å². The molecule has 3 heterocycles. The average Bonchev–Trinajstić information content (AvgIpc) is 3.47. The molecule has 6 nitrogen and oxygen atoms in total. The van der Waals surface area contributed by atoms with Crippen LogP contribution in [0.2, 0.25) is 0 Å². The fraction of sp³-hybridized carbons (Fsp3) is 0.714. The molecular weight excluding hydrogens is 342 g/mol. The van der Waals surface area contributed by atoms with Crippen molar-refractivity contribution in [3.8, 4) is 0 Å². The van der Waals surface area contributed by atoms with Crippen LogP contribution in [0.4, 0.5) is 0 Å². The van der Waals surface area contributed by atoms with Crippen LogP contribution in [0.3, 0.4) is 0 Å². The van der Waals surface area contributed by atoms with Gasteiger partial charge in [0.05, 0.1) is 12.5 Å². The summed E-state index contributed by atoms with van der Waals surface area (Å²) in [5.41, 5.74) is 0. The van der Waals surface area contributed by atoms with Crippen LogP contribution in [-0.4, -0.2) is 53.8 Å². The molecule has 3 aliphatic rings. The molecule has 1 N–H and O–H groups in total. The van der Waals surface area contributed by atoms with Gasteiger partial charge in [0.2, 0.25) is 11.8 Å². The quantitative estimate of drug-likeness (QED) is 0.860. The Morgan fingerprint density at radius 1 is 1.07 bits per heavy atom. The van der Waals surface area contributed by atoms with Crippen molar-refractivity contribution in [2.24, 2.45) is 11.8 Å². The third-order valence-corrected chi connectivity index (χ3v) is 6.28. The molecule has 148 valence electrons. The lowest BCUT2D eigenvalue weighted by Crippen LogP contribution is -2.51. The Kier molecular flexibility index (Phi) is 5.53. The molecular formula is C21H31N3O3. The molecule has 4 rings (SSSR count). The second-order valence-electron chi connectivity index (χ2n) is 8.39. The molecule has 1 aromatic heterocycles. The summed E-state index contributed by atoms with van der Waals surface area (Å²) in [5.74, 6) is 2.56. The highest BCUT2D eigenvalue weighted by Gasteiger charge is 2.37. The molecule has 1 aliphatic carbocycles. The number of hydrogen-bond donors (Lipinski definition) is 1. The van der Waals surface area contributed by atoms with Crippen LogP contribution < -0.4 is 5.32 Å². The first-order valence-electron chi connectivity index (χ1n) is 10.5. The summed E-state index contributed by atoms with van der Waals surface area (Å²) >= 11 is 0. The number of nitrogens with one attached hydrogen (secondary N) is 1. The van der Waals surface area contributed by atoms with Gasteiger partial charge in [0, 0.05) is 31.6 Å². The lowest BCUT2D eigenvalue weighted by Gasteiger charge is -2.42. The third-order valence-electron chi connectivity index (χ3n) is 6.28. The number of nitrogens with zero attached hydrogens (tertiary/aromatic N) is 2. The SMILES string of the molecule is Cc1ccc(CNC(=O)C2CCCN(C3CCN(C(=O)C4CC4)CC3)C2)o1. The average molecular weight is 373 g/mol. The first kappa shape index (κ1) is 18.5. The number of hydrogen-bond acceptors (Lipinski definition) is 4. The fourth-order valence-electron chi connectivity index (χ4n) is 4.49. The fourth-order valence-corrected chi connectivity index (χ4v) is 4.49. The van der Waals surface area contributed by atoms with Crippen LogP contribution in [0.25, 0.3) is 0 Å². The summed E-state index contributed by atoms with van der Waals surface area (Å²) < 4.78 is 5.53. The minimum absolute atomic E-state index is 0.0564. The van der Waals surface area contributed by atoms with E-state index in [2.05, 4.69) is 15.1 Å². The first-order valence-corrected chi connectivity index (χ1v) is 10.5. The minimum atomic E-state index is 0.0564. The van der Waals surface area contributed by atoms with Crippen LogP contribution in [0, 0.1) is 18.8 Å². The standard InChI is InChI=1S/C21H31N3O3/c1-15-4-7-19(27-15)13-22-20(25)17-3-2-10-24(14-17)18-8-11-23(12-9-18)21(26)16-5-6-16/h4,7,16-18H,2-3,5-6,8-14H2,1H3,(H,22,25). The molecule has 0 aromatic carbocycles. The topological polar surface area (TPSA) is 65.8 Å². The molecule has 1 unspecified atom stereocenters. The van der Waals surface area contributed by atoms with Crippen LogP contribution in [0.5, 0.6) is 0 Å². The number of likely N-dealkylation sites (tertiary alicyclic amines) is 2. The second-order valence-corrected chi connectivity index (χ2v) is 8.39. The number of carbonyl (C=O) groups excluding carboxylic acids is 2. The summed E-state index contributed by atoms with van der Waals surface area (Å²) in [4.78, 5) is 29.4. The lowest BCUT2D eigenvalue weighted by molar-refractivity contribution is -0.134. The Balaban J connectivity index is 1.24. The highest BCUT2D eigenvalue weighted by atomic mass is 16.3. The van der Waals surface area contributed by atoms with Crippen LogP contribution >= 0.6 is 0 Å². The predicted molar refractivity (Wildman–Crippen MR) is 102 cm³/mol. The number of carbonyl (C=O) groups is 2. The maximum absolute atomic E-state index is 12.6. The van der Waals surface area contributed by atoms with Gasteiger partial charge < -0.3 is 14.6 Å². The zero-order chi connectivity index (χ0) is 18.8. The summed E-state index contributed by atoms with van der Waals surface area (Å²) in [7, 11) is 0. The molecule has 6 heteroatoms. The van der Waals surface area contributed by atoms with Gasteiger partial charge in [-0.3, -0.25) is 14.5 Å². The van der Waals surface area contributed by atoms with Gasteiger partial charge in [-0.15, -0.1) is 0 Å². The molecule has 1 atom stereocenters. The maximum Gasteiger partial charge on any atom is 0.225 e. The van der Waals surface area contributed by atoms with Gasteiger partial charge in [0.25, 0.3) is 0 Å². The van der Waals surface area contributed by atoms with Crippen molar-refractivity contribution in [1.29, 1.82) is 0 Å². The molecule has 0 spiro atoms. The van der Waals surface area contributed by atoms with E-state index in [0.717, 1.165) is 76.2 Å². The summed E-state index contributed by atoms with van der Waals surface area (Å²) in [6.07, 6.45) is 6.27. The predicted octanol–water partition coefficient (Wildman–Crippen LogP) is 2.32. The lowest BCUT2D eigenvalue weighted by atomic mass is 9.93. The van der Waals surface area contributed by atoms with Gasteiger partial charge in [-0.25, -0.2) is 0 Å². The zero-order valence-corrected chi connectivity index (χ0v) is 16.3. The Labute approximate surface area is 161 Å². The smallest absolute Gasteiger partial charge is 0.225 e. The van der Waals surface area contributed by atoms with E-state index in [-0.39, 0.29) is 11.8 Å². The van der Waals surface area contributed by atoms with Gasteiger partial charge in [0.15, 0.2) is 0 Å². The first-order chi connectivity index (χ1) is 13.1. The van der Waals surface area contributed by atoms with Crippen molar-refractivity contribution in [3.63, 3.8) is 0 Å². The largest absolute Gasteiger partial charge is 0.465 e. The number of aryl methyl sites for hydroxylation is 1. The van der Waals surface area contributed by atoms with E-state index in [0.29, 0.717) is 24.4 Å². The van der Waals surface area contributed by atoms with Gasteiger partial charge >= 0.3 is 0 Å². The van der Waals surface area contributed by atoms with E-state index >= 15 is 0 Å². The van der Waals surface area contributed by atoms with E-state index in [9.17, 15) is 9.59 Å². The molecule has 2 aliphatic heterocycles. The monoisotopic (exact) mass is 373 g/mol. The second kappa shape index (κ2) is 8.05. The highest BCUT2D eigenvalue weighted by Crippen LogP contribution is 2.32. The molecule has 0 bridgehead atoms. The van der Waals surface area contributed by atoms with E-state index in [1.165, 1.54) is 0 Å². The molecule has 1 saturated carbocycles. The van der Waals surface area contributed by atoms with Crippen molar-refractivity contribution < 1.29 is 14.0 Å². The van der Waals surface area contributed by atoms with Crippen LogP contribution in [-0.2, 0) is 16.1 Å². The van der Waals surface area contributed by atoms with Crippen molar-refractivity contribution in [3.05, 3.63) is 23.7 Å². The van der Waals surface area contributed by atoms with E-state index in [4.69, 9.17) is 4.42 Å². The Hall–Kier alpha value is -1.82. The van der Waals surface area contributed by atoms with Gasteiger partial charge in [0.1, 0.15) is 11.5 Å². The highest BCUT2D eigenvalue weighted by molar-refractivity contribution is 5.81. The van der Waals surface area contributed by atoms with Gasteiger partial charge in [-0.05, 0) is 64.1 Å². The van der Waals surface area contributed by atoms with Crippen molar-refractivity contribution in [2.75, 3.05) is 26.2 Å². The molecule has 2 amide bonds. The van der Waals surface area contributed by atoms with Crippen molar-refractivity contribution in [1.82, 2.24) is 15.1 Å². The summed E-state index contributed by atoms with van der Waals surface area (Å²) in [6.45, 7) is 6.04. The van der Waals surface area contributed by atoms with E-state index in [1.807, 2.05) is 19.1 Å². The number of piperidine rings is 2. The van der Waals surface area contributed by atoms with Gasteiger partial charge in [-0.2, -0.15) is 0 Å².